The van der Waals surface area contributed by atoms with Crippen molar-refractivity contribution in [3.05, 3.63) is 86.6 Å². The molecule has 0 aliphatic rings. The van der Waals surface area contributed by atoms with Crippen LogP contribution in [0.1, 0.15) is 52.8 Å². The number of anilines is 2. The summed E-state index contributed by atoms with van der Waals surface area (Å²) in [5.74, 6) is 0.790. The summed E-state index contributed by atoms with van der Waals surface area (Å²) in [6.07, 6.45) is 8.22. The summed E-state index contributed by atoms with van der Waals surface area (Å²) in [5.41, 5.74) is 9.29. The molecule has 1 aromatic carbocycles. The number of hydrogen-bond donors (Lipinski definition) is 2. The lowest BCUT2D eigenvalue weighted by Crippen LogP contribution is -2.26. The Balaban J connectivity index is 0.00000176. The smallest absolute Gasteiger partial charge is 0.264 e. The van der Waals surface area contributed by atoms with Gasteiger partial charge in [0.25, 0.3) is 5.56 Å². The number of nitrogens with one attached hydrogen (secondary N) is 1. The molecular weight excluding hydrogens is 490 g/mol. The molecule has 8 heteroatoms. The van der Waals surface area contributed by atoms with Crippen molar-refractivity contribution in [1.29, 1.82) is 0 Å². The lowest BCUT2D eigenvalue weighted by Gasteiger charge is -2.23. The van der Waals surface area contributed by atoms with Crippen molar-refractivity contribution in [1.82, 2.24) is 14.5 Å². The highest BCUT2D eigenvalue weighted by Gasteiger charge is 2.20. The van der Waals surface area contributed by atoms with Gasteiger partial charge >= 0.3 is 0 Å². The van der Waals surface area contributed by atoms with Gasteiger partial charge in [-0.2, -0.15) is 16.3 Å². The van der Waals surface area contributed by atoms with E-state index in [1.165, 1.54) is 0 Å². The van der Waals surface area contributed by atoms with Gasteiger partial charge in [-0.15, -0.1) is 0 Å². The number of fused-ring (bicyclic) bond motifs is 1. The molecule has 0 fully saturated rings. The van der Waals surface area contributed by atoms with Crippen LogP contribution in [-0.2, 0) is 0 Å². The molecule has 0 aliphatic carbocycles. The van der Waals surface area contributed by atoms with E-state index < -0.39 is 0 Å². The second kappa shape index (κ2) is 12.5. The van der Waals surface area contributed by atoms with Gasteiger partial charge in [0.15, 0.2) is 0 Å². The largest absolute Gasteiger partial charge is 0.368 e. The number of nitrogens with zero attached hydrogens (tertiary/aromatic N) is 3. The van der Waals surface area contributed by atoms with E-state index in [1.807, 2.05) is 87.9 Å². The molecule has 0 spiro atoms. The second-order valence-corrected chi connectivity index (χ2v) is 9.01. The first-order chi connectivity index (χ1) is 17.4. The fourth-order valence-electron chi connectivity index (χ4n) is 3.93. The molecule has 0 amide bonds. The molecule has 36 heavy (non-hydrogen) atoms. The van der Waals surface area contributed by atoms with Gasteiger partial charge in [0.1, 0.15) is 5.82 Å². The van der Waals surface area contributed by atoms with Crippen LogP contribution in [0.4, 0.5) is 11.8 Å². The van der Waals surface area contributed by atoms with E-state index >= 15 is 0 Å². The molecule has 3 N–H and O–H groups in total. The number of rotatable bonds is 7. The molecule has 0 saturated heterocycles. The molecular formula is C28H32ClN5OS. The summed E-state index contributed by atoms with van der Waals surface area (Å²) >= 11 is 8.05. The van der Waals surface area contributed by atoms with Gasteiger partial charge < -0.3 is 11.1 Å². The molecule has 0 saturated carbocycles. The molecule has 4 aromatic rings. The van der Waals surface area contributed by atoms with Crippen LogP contribution in [0, 0.1) is 0 Å². The van der Waals surface area contributed by atoms with Crippen LogP contribution in [0.5, 0.6) is 0 Å². The quantitative estimate of drug-likeness (QED) is 0.242. The zero-order valence-electron chi connectivity index (χ0n) is 21.2. The van der Waals surface area contributed by atoms with Gasteiger partial charge in [0, 0.05) is 23.2 Å². The van der Waals surface area contributed by atoms with Crippen molar-refractivity contribution in [3.8, 4) is 11.1 Å². The fraction of sp³-hybridized carbons (Fsp3) is 0.250. The van der Waals surface area contributed by atoms with Crippen molar-refractivity contribution in [2.45, 2.75) is 47.1 Å². The van der Waals surface area contributed by atoms with Gasteiger partial charge in [-0.1, -0.05) is 56.7 Å². The van der Waals surface area contributed by atoms with Crippen LogP contribution in [-0.4, -0.2) is 14.5 Å². The zero-order chi connectivity index (χ0) is 26.2. The fourth-order valence-corrected chi connectivity index (χ4v) is 4.84. The summed E-state index contributed by atoms with van der Waals surface area (Å²) in [4.78, 5) is 22.4. The first-order valence-corrected chi connectivity index (χ1v) is 13.3. The summed E-state index contributed by atoms with van der Waals surface area (Å²) in [6.45, 7) is 9.97. The van der Waals surface area contributed by atoms with E-state index in [0.29, 0.717) is 22.6 Å². The Labute approximate surface area is 221 Å². The number of thiophene rings is 1. The Morgan fingerprint density at radius 3 is 2.75 bits per heavy atom. The zero-order valence-corrected chi connectivity index (χ0v) is 22.8. The average molecular weight is 522 g/mol. The van der Waals surface area contributed by atoms with Crippen molar-refractivity contribution < 1.29 is 0 Å². The van der Waals surface area contributed by atoms with Crippen molar-refractivity contribution >= 4 is 51.2 Å². The van der Waals surface area contributed by atoms with Crippen LogP contribution in [0.15, 0.2) is 70.3 Å². The highest BCUT2D eigenvalue weighted by molar-refractivity contribution is 7.08. The Bertz CT molecular complexity index is 1440. The number of hydrogen-bond acceptors (Lipinski definition) is 6. The maximum absolute atomic E-state index is 13.7. The van der Waals surface area contributed by atoms with Crippen LogP contribution in [0.25, 0.3) is 27.6 Å². The molecule has 1 unspecified atom stereocenters. The summed E-state index contributed by atoms with van der Waals surface area (Å²) < 4.78 is 1.75. The number of aromatic nitrogens is 3. The number of pyridine rings is 1. The minimum Gasteiger partial charge on any atom is -0.368 e. The van der Waals surface area contributed by atoms with E-state index in [4.69, 9.17) is 17.3 Å². The normalized spacial score (nSPS) is 12.4. The Kier molecular flexibility index (Phi) is 9.44. The summed E-state index contributed by atoms with van der Waals surface area (Å²) in [6, 6.07) is 9.25. The van der Waals surface area contributed by atoms with E-state index in [1.54, 1.807) is 28.2 Å². The van der Waals surface area contributed by atoms with E-state index in [-0.39, 0.29) is 17.5 Å². The van der Waals surface area contributed by atoms with Gasteiger partial charge in [0.2, 0.25) is 5.95 Å². The predicted octanol–water partition coefficient (Wildman–Crippen LogP) is 7.78. The molecule has 1 atom stereocenters. The van der Waals surface area contributed by atoms with Crippen LogP contribution >= 0.6 is 22.9 Å². The van der Waals surface area contributed by atoms with Crippen molar-refractivity contribution in [2.75, 3.05) is 11.1 Å². The van der Waals surface area contributed by atoms with Crippen molar-refractivity contribution in [2.24, 2.45) is 0 Å². The SMILES string of the molecule is C/C=C\C=C(/CC)n1c(C(C)Nc2nc(N)ncc2-c2ccsc2)cc2cccc(Cl)c2c1=O.CC. The average Bonchev–Trinajstić information content (AvgIpc) is 3.41. The van der Waals surface area contributed by atoms with E-state index in [0.717, 1.165) is 27.9 Å². The van der Waals surface area contributed by atoms with Gasteiger partial charge in [0.05, 0.1) is 16.5 Å². The monoisotopic (exact) mass is 521 g/mol. The van der Waals surface area contributed by atoms with E-state index in [2.05, 4.69) is 15.3 Å². The molecule has 0 bridgehead atoms. The van der Waals surface area contributed by atoms with E-state index in [9.17, 15) is 4.79 Å². The van der Waals surface area contributed by atoms with Crippen LogP contribution < -0.4 is 16.6 Å². The third-order valence-corrected chi connectivity index (χ3v) is 6.59. The molecule has 0 radical (unpaired) electrons. The van der Waals surface area contributed by atoms with Gasteiger partial charge in [-0.3, -0.25) is 9.36 Å². The van der Waals surface area contributed by atoms with Gasteiger partial charge in [-0.25, -0.2) is 4.98 Å². The maximum Gasteiger partial charge on any atom is 0.264 e. The molecule has 3 aromatic heterocycles. The number of benzene rings is 1. The first-order valence-electron chi connectivity index (χ1n) is 12.0. The molecule has 3 heterocycles. The van der Waals surface area contributed by atoms with Crippen molar-refractivity contribution in [3.63, 3.8) is 0 Å². The van der Waals surface area contributed by atoms with Gasteiger partial charge in [-0.05, 0) is 66.3 Å². The lowest BCUT2D eigenvalue weighted by atomic mass is 10.1. The molecule has 0 aliphatic heterocycles. The highest BCUT2D eigenvalue weighted by atomic mass is 35.5. The Morgan fingerprint density at radius 2 is 2.08 bits per heavy atom. The second-order valence-electron chi connectivity index (χ2n) is 7.82. The molecule has 188 valence electrons. The first kappa shape index (κ1) is 27.2. The predicted molar refractivity (Wildman–Crippen MR) is 156 cm³/mol. The third kappa shape index (κ3) is 5.69. The Morgan fingerprint density at radius 1 is 1.31 bits per heavy atom. The summed E-state index contributed by atoms with van der Waals surface area (Å²) in [7, 11) is 0. The standard InChI is InChI=1S/C26H26ClN5OS.C2H6/c1-4-6-9-19(5-2)32-22(13-17-8-7-10-21(27)23(17)25(32)33)16(3)30-24-20(14-29-26(28)31-24)18-11-12-34-15-18;1-2/h4,6-16H,5H2,1-3H3,(H3,28,29,30,31);1-2H3/b6-4-,19-9+;. The maximum atomic E-state index is 13.7. The highest BCUT2D eigenvalue weighted by Crippen LogP contribution is 2.32. The topological polar surface area (TPSA) is 85.8 Å². The summed E-state index contributed by atoms with van der Waals surface area (Å²) in [5, 5.41) is 9.25. The minimum absolute atomic E-state index is 0.149. The van der Waals surface area contributed by atoms with Crippen LogP contribution in [0.3, 0.4) is 0 Å². The van der Waals surface area contributed by atoms with Crippen LogP contribution in [0.2, 0.25) is 5.02 Å². The number of halogens is 1. The number of nitrogen functional groups attached to an aromatic ring is 1. The third-order valence-electron chi connectivity index (χ3n) is 5.59. The number of nitrogens with two attached hydrogens (primary N) is 1. The molecule has 4 rings (SSSR count). The number of allylic oxidation sites excluding steroid dienone is 4. The minimum atomic E-state index is -0.275. The lowest BCUT2D eigenvalue weighted by molar-refractivity contribution is 0.770. The molecule has 6 nitrogen and oxygen atoms in total. The Hall–Kier alpha value is -3.42.